The summed E-state index contributed by atoms with van der Waals surface area (Å²) >= 11 is 0. The van der Waals surface area contributed by atoms with Gasteiger partial charge in [-0.3, -0.25) is 4.79 Å². The number of nitrogens with two attached hydrogens (primary N) is 1. The zero-order chi connectivity index (χ0) is 10.0. The molecule has 5 nitrogen and oxygen atoms in total. The van der Waals surface area contributed by atoms with Crippen LogP contribution in [0.4, 0.5) is 4.79 Å². The molecule has 0 aromatic rings. The van der Waals surface area contributed by atoms with E-state index < -0.39 is 6.09 Å². The molecule has 0 saturated carbocycles. The standard InChI is InChI=1S/C8H14N2O3/c1-5(2)6(9)3-10-7(11)4-13-8(10)12/h5-6H,3-4,9H2,1-2H3/t6-/m0/s1. The third-order valence-corrected chi connectivity index (χ3v) is 2.09. The largest absolute Gasteiger partial charge is 0.439 e. The number of cyclic esters (lactones) is 1. The molecule has 74 valence electrons. The van der Waals surface area contributed by atoms with Crippen LogP contribution in [0.25, 0.3) is 0 Å². The lowest BCUT2D eigenvalue weighted by molar-refractivity contribution is -0.126. The molecule has 0 aromatic carbocycles. The minimum atomic E-state index is -0.582. The number of nitrogens with zero attached hydrogens (tertiary/aromatic N) is 1. The predicted molar refractivity (Wildman–Crippen MR) is 45.9 cm³/mol. The summed E-state index contributed by atoms with van der Waals surface area (Å²) in [5.41, 5.74) is 5.72. The fourth-order valence-corrected chi connectivity index (χ4v) is 0.979. The summed E-state index contributed by atoms with van der Waals surface area (Å²) in [5.74, 6) is -0.0673. The molecule has 2 N–H and O–H groups in total. The van der Waals surface area contributed by atoms with E-state index >= 15 is 0 Å². The topological polar surface area (TPSA) is 72.6 Å². The average Bonchev–Trinajstić information content (AvgIpc) is 2.35. The number of rotatable bonds is 3. The molecule has 0 bridgehead atoms. The van der Waals surface area contributed by atoms with Crippen LogP contribution in [0.3, 0.4) is 0 Å². The Kier molecular flexibility index (Phi) is 2.87. The van der Waals surface area contributed by atoms with Crippen LogP contribution in [0.2, 0.25) is 0 Å². The highest BCUT2D eigenvalue weighted by Gasteiger charge is 2.32. The van der Waals surface area contributed by atoms with Crippen LogP contribution in [0.1, 0.15) is 13.8 Å². The number of amides is 2. The third kappa shape index (κ3) is 2.18. The second kappa shape index (κ2) is 3.74. The van der Waals surface area contributed by atoms with Crippen molar-refractivity contribution in [1.29, 1.82) is 0 Å². The minimum absolute atomic E-state index is 0.149. The Labute approximate surface area is 76.8 Å². The fourth-order valence-electron chi connectivity index (χ4n) is 0.979. The van der Waals surface area contributed by atoms with Gasteiger partial charge < -0.3 is 10.5 Å². The number of carbonyl (C=O) groups excluding carboxylic acids is 2. The van der Waals surface area contributed by atoms with E-state index in [2.05, 4.69) is 4.74 Å². The van der Waals surface area contributed by atoms with Crippen molar-refractivity contribution >= 4 is 12.0 Å². The lowest BCUT2D eigenvalue weighted by Gasteiger charge is -2.19. The van der Waals surface area contributed by atoms with Crippen molar-refractivity contribution in [1.82, 2.24) is 4.90 Å². The highest BCUT2D eigenvalue weighted by atomic mass is 16.6. The van der Waals surface area contributed by atoms with Crippen molar-refractivity contribution in [3.05, 3.63) is 0 Å². The Morgan fingerprint density at radius 3 is 2.54 bits per heavy atom. The van der Waals surface area contributed by atoms with Gasteiger partial charge in [-0.05, 0) is 5.92 Å². The quantitative estimate of drug-likeness (QED) is 0.670. The first kappa shape index (κ1) is 9.98. The molecule has 0 aromatic heterocycles. The Morgan fingerprint density at radius 1 is 1.54 bits per heavy atom. The van der Waals surface area contributed by atoms with E-state index in [1.807, 2.05) is 13.8 Å². The van der Waals surface area contributed by atoms with Gasteiger partial charge in [0.2, 0.25) is 0 Å². The summed E-state index contributed by atoms with van der Waals surface area (Å²) in [6.45, 7) is 3.98. The van der Waals surface area contributed by atoms with E-state index in [9.17, 15) is 9.59 Å². The van der Waals surface area contributed by atoms with E-state index in [1.54, 1.807) is 0 Å². The van der Waals surface area contributed by atoms with Gasteiger partial charge in [-0.25, -0.2) is 9.69 Å². The summed E-state index contributed by atoms with van der Waals surface area (Å²) in [4.78, 5) is 23.1. The van der Waals surface area contributed by atoms with E-state index in [4.69, 9.17) is 5.73 Å². The summed E-state index contributed by atoms with van der Waals surface area (Å²) in [6, 6.07) is -0.186. The van der Waals surface area contributed by atoms with Crippen molar-refractivity contribution in [2.75, 3.05) is 13.2 Å². The van der Waals surface area contributed by atoms with Gasteiger partial charge in [0.15, 0.2) is 6.61 Å². The third-order valence-electron chi connectivity index (χ3n) is 2.09. The van der Waals surface area contributed by atoms with Gasteiger partial charge in [-0.2, -0.15) is 0 Å². The lowest BCUT2D eigenvalue weighted by Crippen LogP contribution is -2.43. The number of hydrogen-bond acceptors (Lipinski definition) is 4. The van der Waals surface area contributed by atoms with E-state index in [0.717, 1.165) is 4.90 Å². The fraction of sp³-hybridized carbons (Fsp3) is 0.750. The van der Waals surface area contributed by atoms with Crippen molar-refractivity contribution in [2.24, 2.45) is 11.7 Å². The van der Waals surface area contributed by atoms with Gasteiger partial charge in [0.1, 0.15) is 0 Å². The van der Waals surface area contributed by atoms with Crippen molar-refractivity contribution in [2.45, 2.75) is 19.9 Å². The van der Waals surface area contributed by atoms with Crippen LogP contribution in [-0.2, 0) is 9.53 Å². The van der Waals surface area contributed by atoms with Gasteiger partial charge in [-0.1, -0.05) is 13.8 Å². The van der Waals surface area contributed by atoms with Gasteiger partial charge in [0.25, 0.3) is 5.91 Å². The van der Waals surface area contributed by atoms with Crippen LogP contribution in [0.15, 0.2) is 0 Å². The monoisotopic (exact) mass is 186 g/mol. The van der Waals surface area contributed by atoms with Gasteiger partial charge in [-0.15, -0.1) is 0 Å². The zero-order valence-electron chi connectivity index (χ0n) is 7.82. The predicted octanol–water partition coefficient (Wildman–Crippen LogP) is -0.0515. The summed E-state index contributed by atoms with van der Waals surface area (Å²) in [7, 11) is 0. The van der Waals surface area contributed by atoms with Crippen molar-refractivity contribution in [3.63, 3.8) is 0 Å². The maximum Gasteiger partial charge on any atom is 0.417 e. The average molecular weight is 186 g/mol. The molecule has 0 unspecified atom stereocenters. The SMILES string of the molecule is CC(C)[C@@H](N)CN1C(=O)COC1=O. The molecule has 1 aliphatic rings. The molecule has 1 fully saturated rings. The Hall–Kier alpha value is -1.10. The van der Waals surface area contributed by atoms with Crippen LogP contribution >= 0.6 is 0 Å². The highest BCUT2D eigenvalue weighted by molar-refractivity contribution is 5.97. The van der Waals surface area contributed by atoms with E-state index in [1.165, 1.54) is 0 Å². The maximum absolute atomic E-state index is 11.1. The molecule has 0 spiro atoms. The van der Waals surface area contributed by atoms with Gasteiger partial charge in [0, 0.05) is 12.6 Å². The molecule has 1 saturated heterocycles. The number of imide groups is 1. The lowest BCUT2D eigenvalue weighted by atomic mass is 10.1. The van der Waals surface area contributed by atoms with Crippen LogP contribution < -0.4 is 5.73 Å². The van der Waals surface area contributed by atoms with E-state index in [0.29, 0.717) is 0 Å². The second-order valence-electron chi connectivity index (χ2n) is 3.47. The molecule has 2 amide bonds. The molecular weight excluding hydrogens is 172 g/mol. The number of hydrogen-bond donors (Lipinski definition) is 1. The molecule has 0 aliphatic carbocycles. The van der Waals surface area contributed by atoms with Crippen LogP contribution in [-0.4, -0.2) is 36.1 Å². The summed E-state index contributed by atoms with van der Waals surface area (Å²) in [6.07, 6.45) is -0.582. The Balaban J connectivity index is 2.52. The van der Waals surface area contributed by atoms with Crippen molar-refractivity contribution in [3.8, 4) is 0 Å². The van der Waals surface area contributed by atoms with Crippen molar-refractivity contribution < 1.29 is 14.3 Å². The molecule has 1 heterocycles. The smallest absolute Gasteiger partial charge is 0.417 e. The second-order valence-corrected chi connectivity index (χ2v) is 3.47. The number of carbonyl (C=O) groups is 2. The maximum atomic E-state index is 11.1. The summed E-state index contributed by atoms with van der Waals surface area (Å²) < 4.78 is 4.54. The van der Waals surface area contributed by atoms with Crippen LogP contribution in [0, 0.1) is 5.92 Å². The summed E-state index contributed by atoms with van der Waals surface area (Å²) in [5, 5.41) is 0. The molecule has 13 heavy (non-hydrogen) atoms. The van der Waals surface area contributed by atoms with E-state index in [-0.39, 0.29) is 31.0 Å². The molecule has 1 atom stereocenters. The first-order valence-corrected chi connectivity index (χ1v) is 4.25. The normalized spacial score (nSPS) is 19.5. The Bertz CT molecular complexity index is 211. The molecule has 1 aliphatic heterocycles. The van der Waals surface area contributed by atoms with Crippen LogP contribution in [0.5, 0.6) is 0 Å². The first-order valence-electron chi connectivity index (χ1n) is 4.25. The molecule has 1 rings (SSSR count). The first-order chi connectivity index (χ1) is 6.02. The Morgan fingerprint density at radius 2 is 2.15 bits per heavy atom. The van der Waals surface area contributed by atoms with Gasteiger partial charge >= 0.3 is 6.09 Å². The molecule has 0 radical (unpaired) electrons. The zero-order valence-corrected chi connectivity index (χ0v) is 7.82. The highest BCUT2D eigenvalue weighted by Crippen LogP contribution is 2.08. The molecular formula is C8H14N2O3. The van der Waals surface area contributed by atoms with Gasteiger partial charge in [0.05, 0.1) is 0 Å². The molecule has 5 heteroatoms. The minimum Gasteiger partial charge on any atom is -0.439 e. The number of ether oxygens (including phenoxy) is 1.